The summed E-state index contributed by atoms with van der Waals surface area (Å²) in [6.07, 6.45) is 1.87. The molecule has 2 atom stereocenters. The predicted molar refractivity (Wildman–Crippen MR) is 79.8 cm³/mol. The first kappa shape index (κ1) is 15.7. The van der Waals surface area contributed by atoms with E-state index in [2.05, 4.69) is 31.3 Å². The van der Waals surface area contributed by atoms with Gasteiger partial charge in [-0.15, -0.1) is 0 Å². The van der Waals surface area contributed by atoms with E-state index in [4.69, 9.17) is 5.73 Å². The fourth-order valence-corrected chi connectivity index (χ4v) is 1.85. The first-order valence-electron chi connectivity index (χ1n) is 6.93. The highest BCUT2D eigenvalue weighted by Crippen LogP contribution is 2.15. The average Bonchev–Trinajstić information content (AvgIpc) is 2.36. The van der Waals surface area contributed by atoms with Crippen molar-refractivity contribution in [3.63, 3.8) is 0 Å². The van der Waals surface area contributed by atoms with Crippen LogP contribution in [-0.2, 0) is 11.2 Å². The van der Waals surface area contributed by atoms with Gasteiger partial charge in [-0.05, 0) is 39.2 Å². The molecule has 0 heterocycles. The molecule has 0 aliphatic carbocycles. The van der Waals surface area contributed by atoms with E-state index < -0.39 is 0 Å². The van der Waals surface area contributed by atoms with Gasteiger partial charge in [0.05, 0.1) is 0 Å². The van der Waals surface area contributed by atoms with Gasteiger partial charge in [0, 0.05) is 17.5 Å². The molecular weight excluding hydrogens is 236 g/mol. The van der Waals surface area contributed by atoms with E-state index in [0.717, 1.165) is 12.8 Å². The van der Waals surface area contributed by atoms with Crippen LogP contribution in [0, 0.1) is 5.92 Å². The van der Waals surface area contributed by atoms with Gasteiger partial charge in [-0.2, -0.15) is 0 Å². The minimum absolute atomic E-state index is 0.0352. The Balaban J connectivity index is 2.50. The lowest BCUT2D eigenvalue weighted by atomic mass is 9.93. The number of amides is 1. The second-order valence-electron chi connectivity index (χ2n) is 6.01. The van der Waals surface area contributed by atoms with Gasteiger partial charge in [-0.25, -0.2) is 0 Å². The van der Waals surface area contributed by atoms with Gasteiger partial charge < -0.3 is 11.1 Å². The molecule has 3 N–H and O–H groups in total. The first-order chi connectivity index (χ1) is 8.82. The van der Waals surface area contributed by atoms with Crippen LogP contribution >= 0.6 is 0 Å². The number of rotatable bonds is 6. The Bertz CT molecular complexity index is 398. The lowest BCUT2D eigenvalue weighted by Gasteiger charge is -2.29. The van der Waals surface area contributed by atoms with Crippen molar-refractivity contribution < 1.29 is 4.79 Å². The number of hydrogen-bond donors (Lipinski definition) is 2. The van der Waals surface area contributed by atoms with Gasteiger partial charge in [0.2, 0.25) is 5.91 Å². The Morgan fingerprint density at radius 1 is 1.26 bits per heavy atom. The summed E-state index contributed by atoms with van der Waals surface area (Å²) in [5, 5.41) is 3.09. The highest BCUT2D eigenvalue weighted by atomic mass is 16.2. The third-order valence-electron chi connectivity index (χ3n) is 3.55. The molecule has 0 bridgehead atoms. The quantitative estimate of drug-likeness (QED) is 0.827. The van der Waals surface area contributed by atoms with Crippen molar-refractivity contribution in [2.24, 2.45) is 11.7 Å². The summed E-state index contributed by atoms with van der Waals surface area (Å²) in [4.78, 5) is 12.0. The van der Waals surface area contributed by atoms with Gasteiger partial charge in [0.1, 0.15) is 0 Å². The fourth-order valence-electron chi connectivity index (χ4n) is 1.85. The molecule has 1 aromatic carbocycles. The van der Waals surface area contributed by atoms with E-state index in [9.17, 15) is 4.79 Å². The van der Waals surface area contributed by atoms with Crippen LogP contribution in [0.1, 0.15) is 39.7 Å². The van der Waals surface area contributed by atoms with Crippen molar-refractivity contribution in [2.45, 2.75) is 52.1 Å². The lowest BCUT2D eigenvalue weighted by molar-refractivity contribution is -0.126. The third kappa shape index (κ3) is 5.43. The highest BCUT2D eigenvalue weighted by Gasteiger charge is 2.24. The maximum absolute atomic E-state index is 12.0. The van der Waals surface area contributed by atoms with Crippen molar-refractivity contribution in [3.05, 3.63) is 35.9 Å². The summed E-state index contributed by atoms with van der Waals surface area (Å²) in [5.74, 6) is -0.121. The molecule has 0 saturated carbocycles. The zero-order chi connectivity index (χ0) is 14.5. The molecule has 0 saturated heterocycles. The van der Waals surface area contributed by atoms with Crippen LogP contribution in [0.2, 0.25) is 0 Å². The van der Waals surface area contributed by atoms with E-state index >= 15 is 0 Å². The summed E-state index contributed by atoms with van der Waals surface area (Å²) < 4.78 is 0. The van der Waals surface area contributed by atoms with Gasteiger partial charge in [0.15, 0.2) is 0 Å². The number of nitrogens with two attached hydrogens (primary N) is 1. The SMILES string of the molecule is CC(N)C(C)C(=O)NC(C)(C)CCc1ccccc1. The summed E-state index contributed by atoms with van der Waals surface area (Å²) >= 11 is 0. The molecule has 1 aromatic rings. The van der Waals surface area contributed by atoms with Crippen molar-refractivity contribution >= 4 is 5.91 Å². The molecule has 0 fully saturated rings. The molecule has 106 valence electrons. The van der Waals surface area contributed by atoms with Crippen LogP contribution < -0.4 is 11.1 Å². The number of carbonyl (C=O) groups excluding carboxylic acids is 1. The smallest absolute Gasteiger partial charge is 0.224 e. The topological polar surface area (TPSA) is 55.1 Å². The van der Waals surface area contributed by atoms with E-state index in [1.165, 1.54) is 5.56 Å². The molecule has 0 aromatic heterocycles. The fraction of sp³-hybridized carbons (Fsp3) is 0.562. The molecule has 0 aliphatic rings. The van der Waals surface area contributed by atoms with Crippen LogP contribution in [0.4, 0.5) is 0 Å². The normalized spacial score (nSPS) is 14.8. The molecular formula is C16H26N2O. The van der Waals surface area contributed by atoms with Gasteiger partial charge in [0.25, 0.3) is 0 Å². The second kappa shape index (κ2) is 6.71. The van der Waals surface area contributed by atoms with Crippen LogP contribution in [0.5, 0.6) is 0 Å². The number of aryl methyl sites for hydroxylation is 1. The van der Waals surface area contributed by atoms with Crippen molar-refractivity contribution in [1.82, 2.24) is 5.32 Å². The average molecular weight is 262 g/mol. The van der Waals surface area contributed by atoms with E-state index in [0.29, 0.717) is 0 Å². The minimum Gasteiger partial charge on any atom is -0.351 e. The zero-order valence-corrected chi connectivity index (χ0v) is 12.4. The number of hydrogen-bond acceptors (Lipinski definition) is 2. The first-order valence-corrected chi connectivity index (χ1v) is 6.93. The van der Waals surface area contributed by atoms with Crippen molar-refractivity contribution in [3.8, 4) is 0 Å². The maximum Gasteiger partial charge on any atom is 0.224 e. The summed E-state index contributed by atoms with van der Waals surface area (Å²) in [5.41, 5.74) is 6.84. The molecule has 0 aliphatic heterocycles. The van der Waals surface area contributed by atoms with Gasteiger partial charge in [-0.1, -0.05) is 37.3 Å². The monoisotopic (exact) mass is 262 g/mol. The Kier molecular flexibility index (Phi) is 5.55. The van der Waals surface area contributed by atoms with Crippen LogP contribution in [0.25, 0.3) is 0 Å². The van der Waals surface area contributed by atoms with Crippen LogP contribution in [-0.4, -0.2) is 17.5 Å². The second-order valence-corrected chi connectivity index (χ2v) is 6.01. The molecule has 1 amide bonds. The predicted octanol–water partition coefficient (Wildman–Crippen LogP) is 2.50. The summed E-state index contributed by atoms with van der Waals surface area (Å²) in [6.45, 7) is 7.85. The number of benzene rings is 1. The maximum atomic E-state index is 12.0. The van der Waals surface area contributed by atoms with Crippen molar-refractivity contribution in [1.29, 1.82) is 0 Å². The lowest BCUT2D eigenvalue weighted by Crippen LogP contribution is -2.48. The Morgan fingerprint density at radius 2 is 1.84 bits per heavy atom. The van der Waals surface area contributed by atoms with E-state index in [-0.39, 0.29) is 23.4 Å². The zero-order valence-electron chi connectivity index (χ0n) is 12.4. The Morgan fingerprint density at radius 3 is 2.37 bits per heavy atom. The molecule has 3 nitrogen and oxygen atoms in total. The molecule has 1 rings (SSSR count). The van der Waals surface area contributed by atoms with Gasteiger partial charge >= 0.3 is 0 Å². The third-order valence-corrected chi connectivity index (χ3v) is 3.55. The van der Waals surface area contributed by atoms with Gasteiger partial charge in [-0.3, -0.25) is 4.79 Å². The summed E-state index contributed by atoms with van der Waals surface area (Å²) in [6, 6.07) is 10.2. The number of carbonyl (C=O) groups is 1. The highest BCUT2D eigenvalue weighted by molar-refractivity contribution is 5.79. The Labute approximate surface area is 116 Å². The minimum atomic E-state index is -0.212. The number of nitrogens with one attached hydrogen (secondary N) is 1. The molecule has 3 heteroatoms. The molecule has 2 unspecified atom stereocenters. The van der Waals surface area contributed by atoms with Crippen LogP contribution in [0.3, 0.4) is 0 Å². The van der Waals surface area contributed by atoms with Crippen LogP contribution in [0.15, 0.2) is 30.3 Å². The largest absolute Gasteiger partial charge is 0.351 e. The standard InChI is InChI=1S/C16H26N2O/c1-12(13(2)17)15(19)18-16(3,4)11-10-14-8-6-5-7-9-14/h5-9,12-13H,10-11,17H2,1-4H3,(H,18,19). The van der Waals surface area contributed by atoms with Crippen molar-refractivity contribution in [2.75, 3.05) is 0 Å². The Hall–Kier alpha value is -1.35. The molecule has 19 heavy (non-hydrogen) atoms. The molecule has 0 radical (unpaired) electrons. The summed E-state index contributed by atoms with van der Waals surface area (Å²) in [7, 11) is 0. The molecule has 0 spiro atoms. The van der Waals surface area contributed by atoms with E-state index in [1.54, 1.807) is 0 Å². The van der Waals surface area contributed by atoms with E-state index in [1.807, 2.05) is 32.0 Å².